The van der Waals surface area contributed by atoms with Gasteiger partial charge in [0.1, 0.15) is 0 Å². The number of aromatic nitrogens is 1. The molecule has 3 N–H and O–H groups in total. The molecule has 2 heterocycles. The molecule has 4 rings (SSSR count). The predicted molar refractivity (Wildman–Crippen MR) is 118 cm³/mol. The number of nitrogens with one attached hydrogen (secondary N) is 1. The first-order chi connectivity index (χ1) is 13.8. The number of H-pyrrole nitrogens is 1. The lowest BCUT2D eigenvalue weighted by atomic mass is 9.97. The maximum atomic E-state index is 12.7. The van der Waals surface area contributed by atoms with Crippen molar-refractivity contribution in [3.8, 4) is 21.6 Å². The molecule has 0 unspecified atom stereocenters. The van der Waals surface area contributed by atoms with Gasteiger partial charge >= 0.3 is 0 Å². The van der Waals surface area contributed by atoms with Gasteiger partial charge in [-0.1, -0.05) is 25.1 Å². The highest BCUT2D eigenvalue weighted by molar-refractivity contribution is 7.89. The largest absolute Gasteiger partial charge is 0.361 e. The standard InChI is InChI=1S/C22H20N2O3S2/c1-3-19(25)22-20(14-4-7-17(8-5-14)29(23,26)27)13(2)21(28-22)16-6-9-18-15(12-16)10-11-24-18/h4-12,24H,3H2,1-2H3,(H2,23,26,27). The van der Waals surface area contributed by atoms with Crippen LogP contribution < -0.4 is 5.14 Å². The van der Waals surface area contributed by atoms with Crippen LogP contribution in [0.2, 0.25) is 0 Å². The van der Waals surface area contributed by atoms with Crippen LogP contribution in [0, 0.1) is 6.92 Å². The van der Waals surface area contributed by atoms with E-state index < -0.39 is 10.0 Å². The average molecular weight is 425 g/mol. The molecule has 0 aliphatic carbocycles. The molecule has 29 heavy (non-hydrogen) atoms. The molecular weight excluding hydrogens is 404 g/mol. The highest BCUT2D eigenvalue weighted by Crippen LogP contribution is 2.43. The molecule has 0 amide bonds. The predicted octanol–water partition coefficient (Wildman–Crippen LogP) is 5.11. The molecule has 0 bridgehead atoms. The van der Waals surface area contributed by atoms with Gasteiger partial charge in [0.25, 0.3) is 0 Å². The van der Waals surface area contributed by atoms with Crippen LogP contribution >= 0.6 is 11.3 Å². The molecule has 7 heteroatoms. The Kier molecular flexibility index (Phi) is 4.90. The Morgan fingerprint density at radius 2 is 1.76 bits per heavy atom. The minimum atomic E-state index is -3.76. The average Bonchev–Trinajstić information content (AvgIpc) is 3.30. The van der Waals surface area contributed by atoms with Crippen LogP contribution in [-0.4, -0.2) is 19.2 Å². The van der Waals surface area contributed by atoms with Gasteiger partial charge < -0.3 is 4.98 Å². The van der Waals surface area contributed by atoms with E-state index in [1.54, 1.807) is 12.1 Å². The minimum Gasteiger partial charge on any atom is -0.361 e. The normalized spacial score (nSPS) is 11.8. The lowest BCUT2D eigenvalue weighted by molar-refractivity contribution is 0.0992. The van der Waals surface area contributed by atoms with Crippen molar-refractivity contribution in [1.29, 1.82) is 0 Å². The number of carbonyl (C=O) groups excluding carboxylic acids is 1. The second kappa shape index (κ2) is 7.26. The van der Waals surface area contributed by atoms with Crippen LogP contribution in [0.5, 0.6) is 0 Å². The topological polar surface area (TPSA) is 93.0 Å². The van der Waals surface area contributed by atoms with E-state index in [4.69, 9.17) is 5.14 Å². The number of sulfonamides is 1. The number of thiophene rings is 1. The third kappa shape index (κ3) is 3.53. The number of carbonyl (C=O) groups is 1. The third-order valence-electron chi connectivity index (χ3n) is 5.01. The van der Waals surface area contributed by atoms with Crippen molar-refractivity contribution in [3.63, 3.8) is 0 Å². The summed E-state index contributed by atoms with van der Waals surface area (Å²) in [6.45, 7) is 3.85. The van der Waals surface area contributed by atoms with Crippen molar-refractivity contribution >= 4 is 38.0 Å². The molecule has 0 aliphatic heterocycles. The summed E-state index contributed by atoms with van der Waals surface area (Å²) in [5, 5.41) is 6.32. The summed E-state index contributed by atoms with van der Waals surface area (Å²) >= 11 is 1.48. The van der Waals surface area contributed by atoms with Crippen LogP contribution in [0.3, 0.4) is 0 Å². The molecule has 0 aliphatic rings. The number of benzene rings is 2. The quantitative estimate of drug-likeness (QED) is 0.436. The van der Waals surface area contributed by atoms with Gasteiger partial charge in [0.05, 0.1) is 9.77 Å². The fourth-order valence-corrected chi connectivity index (χ4v) is 5.35. The minimum absolute atomic E-state index is 0.0515. The molecule has 148 valence electrons. The van der Waals surface area contributed by atoms with Crippen LogP contribution in [-0.2, 0) is 10.0 Å². The van der Waals surface area contributed by atoms with Gasteiger partial charge in [0, 0.05) is 28.6 Å². The maximum Gasteiger partial charge on any atom is 0.238 e. The van der Waals surface area contributed by atoms with Crippen LogP contribution in [0.1, 0.15) is 28.6 Å². The Hall–Kier alpha value is -2.74. The van der Waals surface area contributed by atoms with Gasteiger partial charge in [-0.2, -0.15) is 0 Å². The number of fused-ring (bicyclic) bond motifs is 1. The Balaban J connectivity index is 1.90. The van der Waals surface area contributed by atoms with E-state index in [-0.39, 0.29) is 10.7 Å². The zero-order valence-electron chi connectivity index (χ0n) is 16.0. The molecule has 5 nitrogen and oxygen atoms in total. The van der Waals surface area contributed by atoms with Crippen molar-refractivity contribution in [2.45, 2.75) is 25.2 Å². The smallest absolute Gasteiger partial charge is 0.238 e. The van der Waals surface area contributed by atoms with Crippen molar-refractivity contribution < 1.29 is 13.2 Å². The summed E-state index contributed by atoms with van der Waals surface area (Å²) in [4.78, 5) is 17.7. The number of aromatic amines is 1. The molecule has 2 aromatic carbocycles. The molecule has 0 saturated carbocycles. The number of nitrogens with two attached hydrogens (primary N) is 1. The van der Waals surface area contributed by atoms with Gasteiger partial charge in [-0.3, -0.25) is 4.79 Å². The number of ketones is 1. The first kappa shape index (κ1) is 19.6. The van der Waals surface area contributed by atoms with Crippen LogP contribution in [0.15, 0.2) is 59.6 Å². The molecule has 0 saturated heterocycles. The van der Waals surface area contributed by atoms with Gasteiger partial charge in [0.2, 0.25) is 10.0 Å². The van der Waals surface area contributed by atoms with E-state index in [9.17, 15) is 13.2 Å². The number of hydrogen-bond donors (Lipinski definition) is 2. The van der Waals surface area contributed by atoms with Gasteiger partial charge in [0.15, 0.2) is 5.78 Å². The number of primary sulfonamides is 1. The Bertz CT molecular complexity index is 1330. The van der Waals surface area contributed by atoms with Crippen molar-refractivity contribution in [2.24, 2.45) is 5.14 Å². The number of rotatable bonds is 5. The Morgan fingerprint density at radius 1 is 1.07 bits per heavy atom. The Labute approximate surface area is 173 Å². The van der Waals surface area contributed by atoms with E-state index in [2.05, 4.69) is 11.1 Å². The van der Waals surface area contributed by atoms with E-state index in [0.717, 1.165) is 38.0 Å². The van der Waals surface area contributed by atoms with E-state index in [1.807, 2.05) is 38.2 Å². The molecule has 0 radical (unpaired) electrons. The van der Waals surface area contributed by atoms with E-state index in [1.165, 1.54) is 23.5 Å². The van der Waals surface area contributed by atoms with Gasteiger partial charge in [-0.25, -0.2) is 13.6 Å². The molecule has 0 fully saturated rings. The highest BCUT2D eigenvalue weighted by atomic mass is 32.2. The molecule has 0 atom stereocenters. The van der Waals surface area contributed by atoms with E-state index >= 15 is 0 Å². The molecule has 0 spiro atoms. The fraction of sp³-hybridized carbons (Fsp3) is 0.136. The number of hydrogen-bond acceptors (Lipinski definition) is 4. The monoisotopic (exact) mass is 424 g/mol. The van der Waals surface area contributed by atoms with Crippen LogP contribution in [0.4, 0.5) is 0 Å². The zero-order valence-corrected chi connectivity index (χ0v) is 17.7. The third-order valence-corrected chi connectivity index (χ3v) is 7.32. The van der Waals surface area contributed by atoms with Crippen molar-refractivity contribution in [2.75, 3.05) is 0 Å². The summed E-state index contributed by atoms with van der Waals surface area (Å²) < 4.78 is 23.1. The van der Waals surface area contributed by atoms with Crippen molar-refractivity contribution in [1.82, 2.24) is 4.98 Å². The first-order valence-electron chi connectivity index (χ1n) is 9.17. The fourth-order valence-electron chi connectivity index (χ4n) is 3.50. The number of Topliss-reactive ketones (excluding diaryl/α,β-unsaturated/α-hetero) is 1. The lowest BCUT2D eigenvalue weighted by Crippen LogP contribution is -2.11. The summed E-state index contributed by atoms with van der Waals surface area (Å²) in [7, 11) is -3.76. The summed E-state index contributed by atoms with van der Waals surface area (Å²) in [5.41, 5.74) is 4.78. The molecular formula is C22H20N2O3S2. The second-order valence-electron chi connectivity index (χ2n) is 6.89. The first-order valence-corrected chi connectivity index (χ1v) is 11.5. The molecule has 2 aromatic heterocycles. The van der Waals surface area contributed by atoms with Crippen LogP contribution in [0.25, 0.3) is 32.5 Å². The summed E-state index contributed by atoms with van der Waals surface area (Å²) in [5.74, 6) is 0.0672. The lowest BCUT2D eigenvalue weighted by Gasteiger charge is -2.07. The Morgan fingerprint density at radius 3 is 2.41 bits per heavy atom. The SMILES string of the molecule is CCC(=O)c1sc(-c2ccc3[nH]ccc3c2)c(C)c1-c1ccc(S(N)(=O)=O)cc1. The summed E-state index contributed by atoms with van der Waals surface area (Å²) in [6, 6.07) is 14.6. The van der Waals surface area contributed by atoms with Gasteiger partial charge in [-0.15, -0.1) is 11.3 Å². The van der Waals surface area contributed by atoms with Crippen molar-refractivity contribution in [3.05, 3.63) is 65.2 Å². The van der Waals surface area contributed by atoms with Gasteiger partial charge in [-0.05, 0) is 59.3 Å². The highest BCUT2D eigenvalue weighted by Gasteiger charge is 2.22. The summed E-state index contributed by atoms with van der Waals surface area (Å²) in [6.07, 6.45) is 2.30. The molecule has 4 aromatic rings. The zero-order chi connectivity index (χ0) is 20.8. The maximum absolute atomic E-state index is 12.7. The van der Waals surface area contributed by atoms with E-state index in [0.29, 0.717) is 11.3 Å². The second-order valence-corrected chi connectivity index (χ2v) is 9.47.